The second kappa shape index (κ2) is 5.19. The molecule has 0 spiro atoms. The van der Waals surface area contributed by atoms with Crippen molar-refractivity contribution in [2.24, 2.45) is 0 Å². The van der Waals surface area contributed by atoms with Crippen LogP contribution in [-0.4, -0.2) is 27.9 Å². The first kappa shape index (κ1) is 14.2. The normalized spacial score (nSPS) is 11.7. The highest BCUT2D eigenvalue weighted by Crippen LogP contribution is 2.14. The van der Waals surface area contributed by atoms with Gasteiger partial charge in [0.15, 0.2) is 5.82 Å². The molecule has 0 aromatic carbocycles. The maximum Gasteiger partial charge on any atom is 0.413 e. The number of hydrogen-bond donors (Lipinski definition) is 2. The zero-order valence-corrected chi connectivity index (χ0v) is 10.4. The summed E-state index contributed by atoms with van der Waals surface area (Å²) in [6.45, 7) is 4.49. The molecule has 0 aliphatic carbocycles. The Kier molecular flexibility index (Phi) is 4.10. The van der Waals surface area contributed by atoms with E-state index >= 15 is 0 Å². The lowest BCUT2D eigenvalue weighted by atomic mass is 10.2. The molecule has 102 valence electrons. The second-order valence-corrected chi connectivity index (χ2v) is 4.65. The summed E-state index contributed by atoms with van der Waals surface area (Å²) in [5.74, 6) is 0.115. The number of nitrogens with two attached hydrogens (primary N) is 1. The van der Waals surface area contributed by atoms with Crippen LogP contribution in [0.15, 0.2) is 6.07 Å². The number of anilines is 2. The molecule has 1 rings (SSSR count). The first-order valence-corrected chi connectivity index (χ1v) is 5.29. The highest BCUT2D eigenvalue weighted by Gasteiger charge is 2.18. The van der Waals surface area contributed by atoms with Gasteiger partial charge in [-0.25, -0.2) is 18.3 Å². The van der Waals surface area contributed by atoms with E-state index in [2.05, 4.69) is 10.4 Å². The number of nitrogen functional groups attached to an aromatic ring is 1. The van der Waals surface area contributed by atoms with Gasteiger partial charge in [0, 0.05) is 6.07 Å². The van der Waals surface area contributed by atoms with E-state index < -0.39 is 24.7 Å². The number of amides is 1. The molecule has 0 fully saturated rings. The van der Waals surface area contributed by atoms with Crippen LogP contribution in [0.3, 0.4) is 0 Å². The van der Waals surface area contributed by atoms with Crippen LogP contribution in [0.2, 0.25) is 0 Å². The van der Waals surface area contributed by atoms with Crippen LogP contribution in [0.1, 0.15) is 20.8 Å². The molecule has 18 heavy (non-hydrogen) atoms. The molecule has 0 unspecified atom stereocenters. The maximum absolute atomic E-state index is 12.2. The predicted octanol–water partition coefficient (Wildman–Crippen LogP) is 2.08. The largest absolute Gasteiger partial charge is 0.444 e. The van der Waals surface area contributed by atoms with Gasteiger partial charge in [0.2, 0.25) is 0 Å². The minimum Gasteiger partial charge on any atom is -0.444 e. The average Bonchev–Trinajstić information content (AvgIpc) is 2.41. The number of aromatic nitrogens is 2. The smallest absolute Gasteiger partial charge is 0.413 e. The van der Waals surface area contributed by atoms with Gasteiger partial charge in [0.25, 0.3) is 6.43 Å². The number of halogens is 2. The van der Waals surface area contributed by atoms with Crippen molar-refractivity contribution in [1.82, 2.24) is 9.78 Å². The topological polar surface area (TPSA) is 82.2 Å². The lowest BCUT2D eigenvalue weighted by molar-refractivity contribution is 0.0635. The molecule has 8 heteroatoms. The second-order valence-electron chi connectivity index (χ2n) is 4.65. The summed E-state index contributed by atoms with van der Waals surface area (Å²) in [5.41, 5.74) is 4.82. The molecular formula is C10H16F2N4O2. The van der Waals surface area contributed by atoms with Gasteiger partial charge in [-0.2, -0.15) is 5.10 Å². The molecular weight excluding hydrogens is 246 g/mol. The standard InChI is InChI=1S/C10H16F2N4O2/c1-10(2,3)18-9(17)14-8-4-7(13)16(15-8)5-6(11)12/h4,6H,5,13H2,1-3H3,(H,14,15,17). The predicted molar refractivity (Wildman–Crippen MR) is 62.5 cm³/mol. The van der Waals surface area contributed by atoms with Crippen LogP contribution in [0.5, 0.6) is 0 Å². The molecule has 1 aromatic rings. The lowest BCUT2D eigenvalue weighted by Gasteiger charge is -2.18. The summed E-state index contributed by atoms with van der Waals surface area (Å²) in [5, 5.41) is 6.03. The zero-order chi connectivity index (χ0) is 13.9. The minimum absolute atomic E-state index is 0.0429. The van der Waals surface area contributed by atoms with Crippen molar-refractivity contribution in [3.05, 3.63) is 6.07 Å². The van der Waals surface area contributed by atoms with Crippen molar-refractivity contribution >= 4 is 17.7 Å². The van der Waals surface area contributed by atoms with Crippen LogP contribution in [0.25, 0.3) is 0 Å². The molecule has 0 radical (unpaired) electrons. The number of hydrogen-bond acceptors (Lipinski definition) is 4. The molecule has 0 aliphatic heterocycles. The highest BCUT2D eigenvalue weighted by atomic mass is 19.3. The van der Waals surface area contributed by atoms with Crippen molar-refractivity contribution in [2.75, 3.05) is 11.1 Å². The van der Waals surface area contributed by atoms with E-state index in [0.29, 0.717) is 0 Å². The fourth-order valence-corrected chi connectivity index (χ4v) is 1.18. The Hall–Kier alpha value is -1.86. The Labute approximate surface area is 103 Å². The quantitative estimate of drug-likeness (QED) is 0.873. The molecule has 1 heterocycles. The first-order chi connectivity index (χ1) is 8.17. The monoisotopic (exact) mass is 262 g/mol. The number of nitrogens with one attached hydrogen (secondary N) is 1. The summed E-state index contributed by atoms with van der Waals surface area (Å²) in [6, 6.07) is 1.28. The first-order valence-electron chi connectivity index (χ1n) is 5.29. The van der Waals surface area contributed by atoms with E-state index in [1.54, 1.807) is 20.8 Å². The van der Waals surface area contributed by atoms with E-state index in [1.807, 2.05) is 0 Å². The summed E-state index contributed by atoms with van der Waals surface area (Å²) in [4.78, 5) is 11.4. The fraction of sp³-hybridized carbons (Fsp3) is 0.600. The minimum atomic E-state index is -2.57. The fourth-order valence-electron chi connectivity index (χ4n) is 1.18. The van der Waals surface area contributed by atoms with Crippen LogP contribution in [0, 0.1) is 0 Å². The number of carbonyl (C=O) groups excluding carboxylic acids is 1. The van der Waals surface area contributed by atoms with E-state index in [9.17, 15) is 13.6 Å². The molecule has 3 N–H and O–H groups in total. The van der Waals surface area contributed by atoms with Crippen LogP contribution >= 0.6 is 0 Å². The molecule has 6 nitrogen and oxygen atoms in total. The third kappa shape index (κ3) is 4.56. The van der Waals surface area contributed by atoms with Crippen LogP contribution in [0.4, 0.5) is 25.2 Å². The van der Waals surface area contributed by atoms with Gasteiger partial charge in [-0.15, -0.1) is 0 Å². The van der Waals surface area contributed by atoms with Gasteiger partial charge >= 0.3 is 6.09 Å². The van der Waals surface area contributed by atoms with Gasteiger partial charge in [0.1, 0.15) is 18.0 Å². The van der Waals surface area contributed by atoms with Crippen LogP contribution in [-0.2, 0) is 11.3 Å². The van der Waals surface area contributed by atoms with Crippen molar-refractivity contribution in [2.45, 2.75) is 39.3 Å². The Bertz CT molecular complexity index is 426. The molecule has 0 atom stereocenters. The van der Waals surface area contributed by atoms with E-state index in [4.69, 9.17) is 10.5 Å². The summed E-state index contributed by atoms with van der Waals surface area (Å²) in [7, 11) is 0. The summed E-state index contributed by atoms with van der Waals surface area (Å²) >= 11 is 0. The van der Waals surface area contributed by atoms with Crippen molar-refractivity contribution < 1.29 is 18.3 Å². The Balaban J connectivity index is 2.66. The summed E-state index contributed by atoms with van der Waals surface area (Å²) in [6.07, 6.45) is -3.29. The number of alkyl halides is 2. The number of nitrogens with zero attached hydrogens (tertiary/aromatic N) is 2. The van der Waals surface area contributed by atoms with E-state index in [-0.39, 0.29) is 11.6 Å². The molecule has 0 saturated heterocycles. The molecule has 0 saturated carbocycles. The van der Waals surface area contributed by atoms with Gasteiger partial charge < -0.3 is 10.5 Å². The number of ether oxygens (including phenoxy) is 1. The highest BCUT2D eigenvalue weighted by molar-refractivity contribution is 5.84. The molecule has 1 amide bonds. The average molecular weight is 262 g/mol. The van der Waals surface area contributed by atoms with Crippen molar-refractivity contribution in [3.8, 4) is 0 Å². The Morgan fingerprint density at radius 3 is 2.72 bits per heavy atom. The molecule has 0 aliphatic rings. The Morgan fingerprint density at radius 1 is 1.61 bits per heavy atom. The Morgan fingerprint density at radius 2 is 2.22 bits per heavy atom. The zero-order valence-electron chi connectivity index (χ0n) is 10.4. The maximum atomic E-state index is 12.2. The van der Waals surface area contributed by atoms with Gasteiger partial charge in [-0.05, 0) is 20.8 Å². The lowest BCUT2D eigenvalue weighted by Crippen LogP contribution is -2.27. The van der Waals surface area contributed by atoms with E-state index in [0.717, 1.165) is 4.68 Å². The molecule has 1 aromatic heterocycles. The van der Waals surface area contributed by atoms with Gasteiger partial charge in [-0.3, -0.25) is 5.32 Å². The SMILES string of the molecule is CC(C)(C)OC(=O)Nc1cc(N)n(CC(F)F)n1. The van der Waals surface area contributed by atoms with Crippen molar-refractivity contribution in [3.63, 3.8) is 0 Å². The van der Waals surface area contributed by atoms with Crippen LogP contribution < -0.4 is 11.1 Å². The van der Waals surface area contributed by atoms with Gasteiger partial charge in [0.05, 0.1) is 0 Å². The third-order valence-corrected chi connectivity index (χ3v) is 1.75. The number of rotatable bonds is 3. The van der Waals surface area contributed by atoms with Gasteiger partial charge in [-0.1, -0.05) is 0 Å². The summed E-state index contributed by atoms with van der Waals surface area (Å²) < 4.78 is 30.2. The molecule has 0 bridgehead atoms. The van der Waals surface area contributed by atoms with Crippen molar-refractivity contribution in [1.29, 1.82) is 0 Å². The third-order valence-electron chi connectivity index (χ3n) is 1.75. The van der Waals surface area contributed by atoms with E-state index in [1.165, 1.54) is 6.07 Å². The number of carbonyl (C=O) groups is 1.